The first-order chi connectivity index (χ1) is 13.6. The number of amides is 1. The Labute approximate surface area is 177 Å². The third-order valence-corrected chi connectivity index (χ3v) is 5.97. The van der Waals surface area contributed by atoms with Crippen molar-refractivity contribution in [3.8, 4) is 5.75 Å². The molecule has 1 fully saturated rings. The molecule has 1 saturated carbocycles. The number of carbonyl (C=O) groups excluding carboxylic acids is 1. The Bertz CT molecular complexity index is 984. The van der Waals surface area contributed by atoms with Crippen LogP contribution in [-0.4, -0.2) is 21.8 Å². The van der Waals surface area contributed by atoms with E-state index in [1.807, 2.05) is 65.7 Å². The Kier molecular flexibility index (Phi) is 5.78. The molecule has 1 amide bonds. The van der Waals surface area contributed by atoms with Gasteiger partial charge >= 0.3 is 0 Å². The predicted octanol–water partition coefficient (Wildman–Crippen LogP) is 5.60. The van der Waals surface area contributed by atoms with Crippen molar-refractivity contribution in [2.75, 3.05) is 0 Å². The molecule has 0 atom stereocenters. The van der Waals surface area contributed by atoms with Gasteiger partial charge in [0.2, 0.25) is 0 Å². The second kappa shape index (κ2) is 8.45. The molecule has 2 aromatic carbocycles. The van der Waals surface area contributed by atoms with Crippen LogP contribution in [0, 0.1) is 6.92 Å². The summed E-state index contributed by atoms with van der Waals surface area (Å²) in [5.74, 6) is 0.913. The number of aryl methyl sites for hydroxylation is 1. The Morgan fingerprint density at radius 3 is 2.82 bits per heavy atom. The molecule has 1 heterocycles. The van der Waals surface area contributed by atoms with Gasteiger partial charge in [0.05, 0.1) is 12.2 Å². The molecular formula is C22H21BrN2O2S. The standard InChI is InChI=1S/C22H21BrN2O2S/c1-15-4-2-7-20(10-15)27-13-21-24-18(14-28-21)12-25(19-8-9-19)22(26)16-5-3-6-17(23)11-16/h2-7,10-11,14,19H,8-9,12-13H2,1H3. The van der Waals surface area contributed by atoms with E-state index in [9.17, 15) is 4.79 Å². The summed E-state index contributed by atoms with van der Waals surface area (Å²) in [5.41, 5.74) is 2.80. The number of hydrogen-bond donors (Lipinski definition) is 0. The summed E-state index contributed by atoms with van der Waals surface area (Å²) in [6, 6.07) is 15.9. The second-order valence-corrected chi connectivity index (χ2v) is 8.87. The average molecular weight is 457 g/mol. The maximum absolute atomic E-state index is 13.0. The minimum atomic E-state index is 0.0642. The van der Waals surface area contributed by atoms with E-state index in [2.05, 4.69) is 20.9 Å². The van der Waals surface area contributed by atoms with Crippen LogP contribution in [0.3, 0.4) is 0 Å². The summed E-state index contributed by atoms with van der Waals surface area (Å²) in [6.45, 7) is 3.02. The fraction of sp³-hybridized carbons (Fsp3) is 0.273. The van der Waals surface area contributed by atoms with Gasteiger partial charge in [-0.05, 0) is 55.7 Å². The van der Waals surface area contributed by atoms with Gasteiger partial charge in [-0.2, -0.15) is 0 Å². The molecule has 4 nitrogen and oxygen atoms in total. The van der Waals surface area contributed by atoms with Crippen molar-refractivity contribution in [1.29, 1.82) is 0 Å². The molecule has 28 heavy (non-hydrogen) atoms. The molecule has 0 spiro atoms. The number of benzene rings is 2. The fourth-order valence-corrected chi connectivity index (χ4v) is 4.15. The molecule has 0 radical (unpaired) electrons. The molecule has 0 unspecified atom stereocenters. The first kappa shape index (κ1) is 19.2. The Morgan fingerprint density at radius 1 is 1.25 bits per heavy atom. The van der Waals surface area contributed by atoms with Crippen molar-refractivity contribution >= 4 is 33.2 Å². The highest BCUT2D eigenvalue weighted by molar-refractivity contribution is 9.10. The van der Waals surface area contributed by atoms with E-state index < -0.39 is 0 Å². The van der Waals surface area contributed by atoms with Gasteiger partial charge < -0.3 is 9.64 Å². The fourth-order valence-electron chi connectivity index (χ4n) is 3.05. The molecule has 0 aliphatic heterocycles. The van der Waals surface area contributed by atoms with Gasteiger partial charge in [-0.25, -0.2) is 4.98 Å². The van der Waals surface area contributed by atoms with Crippen LogP contribution in [0.15, 0.2) is 58.4 Å². The molecule has 6 heteroatoms. The molecule has 1 aromatic heterocycles. The number of carbonyl (C=O) groups is 1. The summed E-state index contributed by atoms with van der Waals surface area (Å²) in [4.78, 5) is 19.6. The Hall–Kier alpha value is -2.18. The number of ether oxygens (including phenoxy) is 1. The first-order valence-electron chi connectivity index (χ1n) is 9.28. The van der Waals surface area contributed by atoms with Gasteiger partial charge in [-0.1, -0.05) is 34.1 Å². The third kappa shape index (κ3) is 4.80. The summed E-state index contributed by atoms with van der Waals surface area (Å²) < 4.78 is 6.76. The highest BCUT2D eigenvalue weighted by Crippen LogP contribution is 2.30. The van der Waals surface area contributed by atoms with Crippen molar-refractivity contribution < 1.29 is 9.53 Å². The Balaban J connectivity index is 1.42. The summed E-state index contributed by atoms with van der Waals surface area (Å²) in [7, 11) is 0. The monoisotopic (exact) mass is 456 g/mol. The topological polar surface area (TPSA) is 42.4 Å². The van der Waals surface area contributed by atoms with Crippen molar-refractivity contribution in [3.63, 3.8) is 0 Å². The zero-order valence-electron chi connectivity index (χ0n) is 15.6. The summed E-state index contributed by atoms with van der Waals surface area (Å²) >= 11 is 5.02. The maximum atomic E-state index is 13.0. The first-order valence-corrected chi connectivity index (χ1v) is 10.9. The predicted molar refractivity (Wildman–Crippen MR) is 115 cm³/mol. The van der Waals surface area contributed by atoms with Crippen LogP contribution in [0.4, 0.5) is 0 Å². The molecule has 4 rings (SSSR count). The highest BCUT2D eigenvalue weighted by Gasteiger charge is 2.33. The average Bonchev–Trinajstić information content (AvgIpc) is 3.43. The molecule has 144 valence electrons. The SMILES string of the molecule is Cc1cccc(OCc2nc(CN(C(=O)c3cccc(Br)c3)C3CC3)cs2)c1. The van der Waals surface area contributed by atoms with Crippen molar-refractivity contribution in [2.24, 2.45) is 0 Å². The van der Waals surface area contributed by atoms with E-state index in [-0.39, 0.29) is 5.91 Å². The van der Waals surface area contributed by atoms with Gasteiger partial charge in [0.1, 0.15) is 17.4 Å². The second-order valence-electron chi connectivity index (χ2n) is 7.01. The van der Waals surface area contributed by atoms with Crippen LogP contribution in [0.25, 0.3) is 0 Å². The number of aromatic nitrogens is 1. The van der Waals surface area contributed by atoms with Crippen LogP contribution in [-0.2, 0) is 13.2 Å². The zero-order valence-corrected chi connectivity index (χ0v) is 18.0. The number of rotatable bonds is 7. The zero-order chi connectivity index (χ0) is 19.5. The van der Waals surface area contributed by atoms with Gasteiger partial charge in [0, 0.05) is 21.5 Å². The van der Waals surface area contributed by atoms with E-state index in [0.717, 1.165) is 33.8 Å². The number of nitrogens with zero attached hydrogens (tertiary/aromatic N) is 2. The highest BCUT2D eigenvalue weighted by atomic mass is 79.9. The summed E-state index contributed by atoms with van der Waals surface area (Å²) in [6.07, 6.45) is 2.13. The molecule has 0 bridgehead atoms. The maximum Gasteiger partial charge on any atom is 0.254 e. The lowest BCUT2D eigenvalue weighted by atomic mass is 10.2. The van der Waals surface area contributed by atoms with Crippen molar-refractivity contribution in [2.45, 2.75) is 39.0 Å². The van der Waals surface area contributed by atoms with Crippen LogP contribution in [0.5, 0.6) is 5.75 Å². The molecule has 1 aliphatic carbocycles. The summed E-state index contributed by atoms with van der Waals surface area (Å²) in [5, 5.41) is 2.94. The van der Waals surface area contributed by atoms with E-state index in [1.165, 1.54) is 5.56 Å². The smallest absolute Gasteiger partial charge is 0.254 e. The number of hydrogen-bond acceptors (Lipinski definition) is 4. The van der Waals surface area contributed by atoms with Gasteiger partial charge in [-0.15, -0.1) is 11.3 Å². The van der Waals surface area contributed by atoms with Gasteiger partial charge in [-0.3, -0.25) is 4.79 Å². The quantitative estimate of drug-likeness (QED) is 0.464. The minimum absolute atomic E-state index is 0.0642. The lowest BCUT2D eigenvalue weighted by Crippen LogP contribution is -2.32. The molecular weight excluding hydrogens is 436 g/mol. The lowest BCUT2D eigenvalue weighted by Gasteiger charge is -2.21. The van der Waals surface area contributed by atoms with E-state index in [4.69, 9.17) is 4.74 Å². The van der Waals surface area contributed by atoms with Crippen LogP contribution >= 0.6 is 27.3 Å². The van der Waals surface area contributed by atoms with Crippen LogP contribution in [0.2, 0.25) is 0 Å². The van der Waals surface area contributed by atoms with Gasteiger partial charge in [0.25, 0.3) is 5.91 Å². The lowest BCUT2D eigenvalue weighted by molar-refractivity contribution is 0.0728. The van der Waals surface area contributed by atoms with Gasteiger partial charge in [0.15, 0.2) is 0 Å². The Morgan fingerprint density at radius 2 is 2.07 bits per heavy atom. The van der Waals surface area contributed by atoms with E-state index in [1.54, 1.807) is 11.3 Å². The minimum Gasteiger partial charge on any atom is -0.486 e. The van der Waals surface area contributed by atoms with Crippen molar-refractivity contribution in [3.05, 3.63) is 80.2 Å². The number of halogens is 1. The molecule has 1 aliphatic rings. The molecule has 0 N–H and O–H groups in total. The van der Waals surface area contributed by atoms with Crippen LogP contribution in [0.1, 0.15) is 39.5 Å². The van der Waals surface area contributed by atoms with E-state index >= 15 is 0 Å². The largest absolute Gasteiger partial charge is 0.486 e. The molecule has 0 saturated heterocycles. The third-order valence-electron chi connectivity index (χ3n) is 4.60. The van der Waals surface area contributed by atoms with E-state index in [0.29, 0.717) is 24.8 Å². The number of thiazole rings is 1. The normalized spacial score (nSPS) is 13.4. The van der Waals surface area contributed by atoms with Crippen molar-refractivity contribution in [1.82, 2.24) is 9.88 Å². The molecule has 3 aromatic rings. The van der Waals surface area contributed by atoms with Crippen LogP contribution < -0.4 is 4.74 Å².